The zero-order valence-electron chi connectivity index (χ0n) is 30.7. The summed E-state index contributed by atoms with van der Waals surface area (Å²) in [6, 6.07) is 64.9. The molecule has 0 unspecified atom stereocenters. The van der Waals surface area contributed by atoms with Gasteiger partial charge in [-0.15, -0.1) is 0 Å². The second-order valence-electron chi connectivity index (χ2n) is 15.5. The maximum Gasteiger partial charge on any atom is 0.237 e. The summed E-state index contributed by atoms with van der Waals surface area (Å²) in [4.78, 5) is 16.0. The van der Waals surface area contributed by atoms with Crippen molar-refractivity contribution in [1.29, 1.82) is 0 Å². The van der Waals surface area contributed by atoms with Gasteiger partial charge in [-0.2, -0.15) is 4.98 Å². The van der Waals surface area contributed by atoms with Gasteiger partial charge in [0.05, 0.1) is 15.0 Å². The number of hydrogen-bond donors (Lipinski definition) is 0. The van der Waals surface area contributed by atoms with Crippen molar-refractivity contribution in [2.45, 2.75) is 26.2 Å². The lowest BCUT2D eigenvalue weighted by Gasteiger charge is -2.44. The van der Waals surface area contributed by atoms with E-state index in [2.05, 4.69) is 206 Å². The SMILES string of the molecule is CC(C)(C)c1ccc2c(N3c4ccccc4[SiH2]c4ccccc43)nc(N3c4ccccc4[Si](c4ccccc4)(c4ccccc4)c4ccccc43)nc2c1. The summed E-state index contributed by atoms with van der Waals surface area (Å²) in [5.74, 6) is 1.57. The molecule has 7 aromatic carbocycles. The molecule has 0 amide bonds. The Kier molecular flexibility index (Phi) is 7.54. The molecule has 2 aliphatic rings. The van der Waals surface area contributed by atoms with Gasteiger partial charge in [0.2, 0.25) is 5.95 Å². The van der Waals surface area contributed by atoms with Gasteiger partial charge in [-0.1, -0.05) is 160 Å². The van der Waals surface area contributed by atoms with Gasteiger partial charge in [-0.25, -0.2) is 4.98 Å². The molecule has 6 heteroatoms. The van der Waals surface area contributed by atoms with Gasteiger partial charge < -0.3 is 0 Å². The zero-order chi connectivity index (χ0) is 36.4. The third-order valence-corrected chi connectivity index (χ3v) is 18.1. The first kappa shape index (κ1) is 32.6. The van der Waals surface area contributed by atoms with Crippen LogP contribution in [0.3, 0.4) is 0 Å². The molecule has 0 saturated carbocycles. The van der Waals surface area contributed by atoms with Crippen LogP contribution in [0.5, 0.6) is 0 Å². The van der Waals surface area contributed by atoms with Crippen molar-refractivity contribution in [1.82, 2.24) is 9.97 Å². The quantitative estimate of drug-likeness (QED) is 0.183. The van der Waals surface area contributed by atoms with Crippen LogP contribution in [0.2, 0.25) is 0 Å². The first-order valence-electron chi connectivity index (χ1n) is 18.8. The Balaban J connectivity index is 1.30. The standard InChI is InChI=1S/C48H40N4Si2/c1-48(2,3)33-30-31-36-37(32-33)49-47(50-46(36)51-38-22-10-14-26-42(38)53-43-27-15-11-23-39(43)51)52-40-24-12-16-28-44(40)54(34-18-6-4-7-19-34,35-20-8-5-9-21-35)45-29-17-13-25-41(45)52/h4-32H,53H2,1-3H3. The van der Waals surface area contributed by atoms with Crippen LogP contribution in [0, 0.1) is 0 Å². The molecule has 0 saturated heterocycles. The summed E-state index contributed by atoms with van der Waals surface area (Å²) in [7, 11) is -3.45. The molecule has 0 radical (unpaired) electrons. The van der Waals surface area contributed by atoms with E-state index >= 15 is 0 Å². The van der Waals surface area contributed by atoms with E-state index in [9.17, 15) is 0 Å². The average Bonchev–Trinajstić information content (AvgIpc) is 3.21. The number of hydrogen-bond acceptors (Lipinski definition) is 4. The number of nitrogens with zero attached hydrogens (tertiary/aromatic N) is 4. The highest BCUT2D eigenvalue weighted by molar-refractivity contribution is 7.21. The van der Waals surface area contributed by atoms with E-state index in [4.69, 9.17) is 9.97 Å². The third-order valence-electron chi connectivity index (χ3n) is 11.3. The molecule has 2 aliphatic heterocycles. The van der Waals surface area contributed by atoms with Crippen LogP contribution in [0.4, 0.5) is 34.5 Å². The molecule has 0 N–H and O–H groups in total. The summed E-state index contributed by atoms with van der Waals surface area (Å²) in [5.41, 5.74) is 6.82. The molecule has 0 aliphatic carbocycles. The molecule has 0 bridgehead atoms. The largest absolute Gasteiger partial charge is 0.295 e. The average molecular weight is 729 g/mol. The van der Waals surface area contributed by atoms with Crippen molar-refractivity contribution in [2.75, 3.05) is 9.80 Å². The van der Waals surface area contributed by atoms with Crippen molar-refractivity contribution in [3.63, 3.8) is 0 Å². The van der Waals surface area contributed by atoms with E-state index in [1.807, 2.05) is 0 Å². The zero-order valence-corrected chi connectivity index (χ0v) is 33.2. The lowest BCUT2D eigenvalue weighted by atomic mass is 9.86. The smallest absolute Gasteiger partial charge is 0.237 e. The van der Waals surface area contributed by atoms with Crippen LogP contribution in [0.1, 0.15) is 26.3 Å². The minimum atomic E-state index is -2.78. The Labute approximate surface area is 320 Å². The number of benzene rings is 7. The molecule has 0 atom stereocenters. The van der Waals surface area contributed by atoms with Gasteiger partial charge >= 0.3 is 0 Å². The molecule has 260 valence electrons. The second kappa shape index (κ2) is 12.5. The minimum absolute atomic E-state index is 0.0454. The molecule has 3 heterocycles. The number of aromatic nitrogens is 2. The van der Waals surface area contributed by atoms with Crippen LogP contribution in [0.25, 0.3) is 10.9 Å². The molecule has 54 heavy (non-hydrogen) atoms. The Bertz CT molecular complexity index is 2570. The Hall–Kier alpha value is -6.09. The van der Waals surface area contributed by atoms with Crippen LogP contribution >= 0.6 is 0 Å². The lowest BCUT2D eigenvalue weighted by molar-refractivity contribution is 0.591. The maximum atomic E-state index is 5.70. The van der Waals surface area contributed by atoms with Gasteiger partial charge in [-0.3, -0.25) is 9.80 Å². The van der Waals surface area contributed by atoms with E-state index in [1.165, 1.54) is 48.1 Å². The van der Waals surface area contributed by atoms with Crippen molar-refractivity contribution < 1.29 is 0 Å². The fourth-order valence-corrected chi connectivity index (χ4v) is 15.7. The van der Waals surface area contributed by atoms with Crippen molar-refractivity contribution in [3.05, 3.63) is 181 Å². The van der Waals surface area contributed by atoms with E-state index in [1.54, 1.807) is 0 Å². The van der Waals surface area contributed by atoms with Crippen LogP contribution in [-0.2, 0) is 5.41 Å². The second-order valence-corrected chi connectivity index (χ2v) is 21.1. The summed E-state index contributed by atoms with van der Waals surface area (Å²) in [6.07, 6.45) is 0. The summed E-state index contributed by atoms with van der Waals surface area (Å²) < 4.78 is 0. The molecular weight excluding hydrogens is 689 g/mol. The Morgan fingerprint density at radius 2 is 0.963 bits per heavy atom. The molecular formula is C48H40N4Si2. The van der Waals surface area contributed by atoms with Gasteiger partial charge in [0.15, 0.2) is 13.9 Å². The minimum Gasteiger partial charge on any atom is -0.295 e. The number of rotatable bonds is 4. The molecule has 4 nitrogen and oxygen atoms in total. The molecule has 0 spiro atoms. The number of fused-ring (bicyclic) bond motifs is 5. The lowest BCUT2D eigenvalue weighted by Crippen LogP contribution is -2.77. The van der Waals surface area contributed by atoms with E-state index < -0.39 is 17.6 Å². The monoisotopic (exact) mass is 728 g/mol. The van der Waals surface area contributed by atoms with Gasteiger partial charge in [0.1, 0.15) is 0 Å². The Morgan fingerprint density at radius 3 is 1.50 bits per heavy atom. The number of para-hydroxylation sites is 4. The first-order chi connectivity index (χ1) is 26.4. The predicted octanol–water partition coefficient (Wildman–Crippen LogP) is 6.99. The van der Waals surface area contributed by atoms with Crippen molar-refractivity contribution in [2.24, 2.45) is 0 Å². The van der Waals surface area contributed by atoms with Crippen LogP contribution in [-0.4, -0.2) is 27.6 Å². The summed E-state index contributed by atoms with van der Waals surface area (Å²) in [6.45, 7) is 6.81. The fourth-order valence-electron chi connectivity index (χ4n) is 8.78. The van der Waals surface area contributed by atoms with E-state index in [0.717, 1.165) is 28.1 Å². The summed E-state index contributed by atoms with van der Waals surface area (Å²) in [5, 5.41) is 9.25. The highest BCUT2D eigenvalue weighted by atomic mass is 28.3. The molecule has 10 rings (SSSR count). The molecule has 8 aromatic rings. The van der Waals surface area contributed by atoms with Crippen molar-refractivity contribution >= 4 is 94.1 Å². The van der Waals surface area contributed by atoms with E-state index in [0.29, 0.717) is 5.95 Å². The Morgan fingerprint density at radius 1 is 0.481 bits per heavy atom. The normalized spacial score (nSPS) is 14.2. The highest BCUT2D eigenvalue weighted by Gasteiger charge is 2.49. The maximum absolute atomic E-state index is 5.70. The van der Waals surface area contributed by atoms with Crippen LogP contribution in [0.15, 0.2) is 176 Å². The topological polar surface area (TPSA) is 32.3 Å². The third kappa shape index (κ3) is 4.94. The highest BCUT2D eigenvalue weighted by Crippen LogP contribution is 2.42. The van der Waals surface area contributed by atoms with E-state index in [-0.39, 0.29) is 5.41 Å². The molecule has 1 aromatic heterocycles. The first-order valence-corrected chi connectivity index (χ1v) is 22.2. The summed E-state index contributed by atoms with van der Waals surface area (Å²) >= 11 is 0. The molecule has 0 fully saturated rings. The van der Waals surface area contributed by atoms with Crippen LogP contribution < -0.4 is 40.9 Å². The van der Waals surface area contributed by atoms with Crippen molar-refractivity contribution in [3.8, 4) is 0 Å². The predicted molar refractivity (Wildman–Crippen MR) is 233 cm³/mol. The fraction of sp³-hybridized carbons (Fsp3) is 0.0833. The van der Waals surface area contributed by atoms with Gasteiger partial charge in [0, 0.05) is 28.1 Å². The van der Waals surface area contributed by atoms with Gasteiger partial charge in [0.25, 0.3) is 0 Å². The van der Waals surface area contributed by atoms with Gasteiger partial charge in [-0.05, 0) is 78.5 Å². The number of anilines is 6.